The summed E-state index contributed by atoms with van der Waals surface area (Å²) in [4.78, 5) is 56.5. The number of hydrogen-bond donors (Lipinski definition) is 2. The SMILES string of the molecule is C#CCN1CC(=O)N2C(CCCNC(=O)OCC=C)C(=O)N(CC(C)c3ccccc3)C[C@@H]2N1C(=O)NCc1ccccc1. The van der Waals surface area contributed by atoms with Crippen LogP contribution < -0.4 is 10.6 Å². The lowest BCUT2D eigenvalue weighted by atomic mass is 9.97. The van der Waals surface area contributed by atoms with E-state index in [-0.39, 0.29) is 63.5 Å². The number of nitrogens with zero attached hydrogens (tertiary/aromatic N) is 4. The van der Waals surface area contributed by atoms with Gasteiger partial charge in [-0.05, 0) is 29.9 Å². The molecule has 2 heterocycles. The van der Waals surface area contributed by atoms with Crippen molar-refractivity contribution in [1.82, 2.24) is 30.5 Å². The number of alkyl carbamates (subject to hydrolysis) is 1. The molecule has 2 aliphatic rings. The number of carbonyl (C=O) groups is 4. The van der Waals surface area contributed by atoms with E-state index in [1.165, 1.54) is 16.0 Å². The Kier molecular flexibility index (Phi) is 11.4. The van der Waals surface area contributed by atoms with Gasteiger partial charge in [-0.2, -0.15) is 5.01 Å². The van der Waals surface area contributed by atoms with Crippen molar-refractivity contribution in [2.75, 3.05) is 39.3 Å². The number of terminal acetylenes is 1. The zero-order valence-corrected chi connectivity index (χ0v) is 25.1. The maximum Gasteiger partial charge on any atom is 0.407 e. The van der Waals surface area contributed by atoms with Crippen LogP contribution in [-0.2, 0) is 20.9 Å². The predicted octanol–water partition coefficient (Wildman–Crippen LogP) is 2.92. The molecule has 2 saturated heterocycles. The summed E-state index contributed by atoms with van der Waals surface area (Å²) >= 11 is 0. The maximum absolute atomic E-state index is 14.0. The van der Waals surface area contributed by atoms with Crippen molar-refractivity contribution < 1.29 is 23.9 Å². The zero-order chi connectivity index (χ0) is 31.5. The summed E-state index contributed by atoms with van der Waals surface area (Å²) in [6.07, 6.45) is 6.46. The lowest BCUT2D eigenvalue weighted by Gasteiger charge is -2.55. The standard InChI is InChI=1S/C33H40N6O5/c1-4-19-37-24-30(40)38-28(17-12-18-34-33(43)44-20-5-2)31(41)36(22-25(3)27-15-10-7-11-16-27)23-29(38)39(37)32(42)35-21-26-13-8-6-9-14-26/h1,5-11,13-16,25,28-29H,2,12,17-24H2,3H3,(H,34,43)(H,35,42)/t25?,28?,29-/m0/s1. The number of hydrazine groups is 1. The summed E-state index contributed by atoms with van der Waals surface area (Å²) in [6.45, 7) is 6.62. The van der Waals surface area contributed by atoms with Crippen molar-refractivity contribution in [3.05, 3.63) is 84.4 Å². The van der Waals surface area contributed by atoms with Gasteiger partial charge >= 0.3 is 12.1 Å². The highest BCUT2D eigenvalue weighted by Crippen LogP contribution is 2.30. The second kappa shape index (κ2) is 15.6. The van der Waals surface area contributed by atoms with Gasteiger partial charge in [0.15, 0.2) is 0 Å². The fourth-order valence-corrected chi connectivity index (χ4v) is 5.62. The van der Waals surface area contributed by atoms with Crippen LogP contribution in [0.4, 0.5) is 9.59 Å². The Labute approximate surface area is 258 Å². The van der Waals surface area contributed by atoms with Crippen LogP contribution in [0, 0.1) is 12.3 Å². The minimum absolute atomic E-state index is 0.00936. The first-order chi connectivity index (χ1) is 21.3. The first-order valence-corrected chi connectivity index (χ1v) is 14.8. The molecule has 2 aliphatic heterocycles. The lowest BCUT2D eigenvalue weighted by molar-refractivity contribution is -0.189. The largest absolute Gasteiger partial charge is 0.445 e. The monoisotopic (exact) mass is 600 g/mol. The smallest absolute Gasteiger partial charge is 0.407 e. The van der Waals surface area contributed by atoms with E-state index in [0.717, 1.165) is 11.1 Å². The third-order valence-electron chi connectivity index (χ3n) is 7.72. The molecule has 44 heavy (non-hydrogen) atoms. The third kappa shape index (κ3) is 7.96. The van der Waals surface area contributed by atoms with Crippen molar-refractivity contribution in [2.45, 2.75) is 44.4 Å². The summed E-state index contributed by atoms with van der Waals surface area (Å²) in [7, 11) is 0. The predicted molar refractivity (Wildman–Crippen MR) is 166 cm³/mol. The number of piperazine rings is 1. The van der Waals surface area contributed by atoms with E-state index in [0.29, 0.717) is 13.0 Å². The van der Waals surface area contributed by atoms with E-state index < -0.39 is 24.3 Å². The van der Waals surface area contributed by atoms with Gasteiger partial charge in [-0.15, -0.1) is 6.42 Å². The number of hydrogen-bond acceptors (Lipinski definition) is 6. The number of nitrogens with one attached hydrogen (secondary N) is 2. The lowest BCUT2D eigenvalue weighted by Crippen LogP contribution is -2.76. The summed E-state index contributed by atoms with van der Waals surface area (Å²) < 4.78 is 4.96. The average Bonchev–Trinajstić information content (AvgIpc) is 3.03. The highest BCUT2D eigenvalue weighted by molar-refractivity contribution is 5.91. The summed E-state index contributed by atoms with van der Waals surface area (Å²) in [5.41, 5.74) is 2.00. The molecule has 2 N–H and O–H groups in total. The van der Waals surface area contributed by atoms with Crippen LogP contribution >= 0.6 is 0 Å². The molecular formula is C33H40N6O5. The van der Waals surface area contributed by atoms with Gasteiger partial charge in [-0.1, -0.05) is 86.2 Å². The molecule has 2 fully saturated rings. The van der Waals surface area contributed by atoms with Crippen molar-refractivity contribution in [1.29, 1.82) is 0 Å². The molecule has 2 aromatic carbocycles. The molecule has 11 heteroatoms. The Balaban J connectivity index is 1.58. The molecular weight excluding hydrogens is 560 g/mol. The zero-order valence-electron chi connectivity index (χ0n) is 25.1. The molecule has 0 aliphatic carbocycles. The van der Waals surface area contributed by atoms with Gasteiger partial charge in [0.05, 0.1) is 19.6 Å². The molecule has 0 saturated carbocycles. The summed E-state index contributed by atoms with van der Waals surface area (Å²) in [5.74, 6) is 2.09. The van der Waals surface area contributed by atoms with E-state index in [4.69, 9.17) is 11.2 Å². The van der Waals surface area contributed by atoms with Crippen LogP contribution in [0.15, 0.2) is 73.3 Å². The summed E-state index contributed by atoms with van der Waals surface area (Å²) in [5, 5.41) is 8.68. The van der Waals surface area contributed by atoms with Gasteiger partial charge in [-0.25, -0.2) is 14.6 Å². The Morgan fingerprint density at radius 1 is 1.11 bits per heavy atom. The second-order valence-electron chi connectivity index (χ2n) is 10.8. The minimum atomic E-state index is -0.826. The number of benzene rings is 2. The highest BCUT2D eigenvalue weighted by Gasteiger charge is 2.51. The molecule has 11 nitrogen and oxygen atoms in total. The molecule has 3 atom stereocenters. The molecule has 0 bridgehead atoms. The van der Waals surface area contributed by atoms with Crippen molar-refractivity contribution in [3.63, 3.8) is 0 Å². The molecule has 4 rings (SSSR count). The number of carbonyl (C=O) groups excluding carboxylic acids is 4. The molecule has 5 amide bonds. The van der Waals surface area contributed by atoms with Gasteiger partial charge in [0, 0.05) is 19.6 Å². The number of fused-ring (bicyclic) bond motifs is 1. The van der Waals surface area contributed by atoms with Crippen LogP contribution in [0.5, 0.6) is 0 Å². The molecule has 2 unspecified atom stereocenters. The highest BCUT2D eigenvalue weighted by atomic mass is 16.5. The molecule has 0 radical (unpaired) electrons. The van der Waals surface area contributed by atoms with E-state index in [9.17, 15) is 19.2 Å². The van der Waals surface area contributed by atoms with Gasteiger partial charge < -0.3 is 25.2 Å². The van der Waals surface area contributed by atoms with E-state index in [1.807, 2.05) is 67.6 Å². The molecule has 0 spiro atoms. The van der Waals surface area contributed by atoms with E-state index in [1.54, 1.807) is 9.91 Å². The quantitative estimate of drug-likeness (QED) is 0.220. The van der Waals surface area contributed by atoms with Gasteiger partial charge in [0.2, 0.25) is 11.8 Å². The molecule has 232 valence electrons. The van der Waals surface area contributed by atoms with Crippen LogP contribution in [-0.4, -0.2) is 95.3 Å². The van der Waals surface area contributed by atoms with E-state index in [2.05, 4.69) is 23.1 Å². The number of ether oxygens (including phenoxy) is 1. The van der Waals surface area contributed by atoms with Gasteiger partial charge in [0.25, 0.3) is 0 Å². The first-order valence-electron chi connectivity index (χ1n) is 14.8. The Morgan fingerprint density at radius 2 is 1.82 bits per heavy atom. The fourth-order valence-electron chi connectivity index (χ4n) is 5.62. The maximum atomic E-state index is 14.0. The van der Waals surface area contributed by atoms with E-state index >= 15 is 0 Å². The Bertz CT molecular complexity index is 1350. The van der Waals surface area contributed by atoms with Crippen LogP contribution in [0.3, 0.4) is 0 Å². The summed E-state index contributed by atoms with van der Waals surface area (Å²) in [6, 6.07) is 18.2. The number of amides is 5. The van der Waals surface area contributed by atoms with Crippen molar-refractivity contribution in [3.8, 4) is 12.3 Å². The second-order valence-corrected chi connectivity index (χ2v) is 10.8. The number of rotatable bonds is 12. The topological polar surface area (TPSA) is 115 Å². The third-order valence-corrected chi connectivity index (χ3v) is 7.72. The normalized spacial score (nSPS) is 19.0. The fraction of sp³-hybridized carbons (Fsp3) is 0.394. The van der Waals surface area contributed by atoms with Crippen molar-refractivity contribution in [2.24, 2.45) is 0 Å². The molecule has 2 aromatic rings. The minimum Gasteiger partial charge on any atom is -0.445 e. The Morgan fingerprint density at radius 3 is 2.50 bits per heavy atom. The molecule has 0 aromatic heterocycles. The first kappa shape index (κ1) is 32.1. The van der Waals surface area contributed by atoms with Crippen LogP contribution in [0.1, 0.15) is 36.8 Å². The average molecular weight is 601 g/mol. The van der Waals surface area contributed by atoms with Crippen molar-refractivity contribution >= 4 is 23.9 Å². The van der Waals surface area contributed by atoms with Gasteiger partial charge in [0.1, 0.15) is 18.8 Å². The number of urea groups is 1. The van der Waals surface area contributed by atoms with Crippen LogP contribution in [0.25, 0.3) is 0 Å². The Hall–Kier alpha value is -4.82. The van der Waals surface area contributed by atoms with Gasteiger partial charge in [-0.3, -0.25) is 9.59 Å². The van der Waals surface area contributed by atoms with Crippen LogP contribution in [0.2, 0.25) is 0 Å².